The highest BCUT2D eigenvalue weighted by molar-refractivity contribution is 6.07. The van der Waals surface area contributed by atoms with Crippen molar-refractivity contribution in [1.82, 2.24) is 20.2 Å². The van der Waals surface area contributed by atoms with Crippen LogP contribution < -0.4 is 26.6 Å². The number of aromatic nitrogens is 2. The topological polar surface area (TPSA) is 130 Å². The van der Waals surface area contributed by atoms with E-state index in [9.17, 15) is 9.59 Å². The van der Waals surface area contributed by atoms with Crippen molar-refractivity contribution in [3.8, 4) is 11.8 Å². The third-order valence-corrected chi connectivity index (χ3v) is 5.89. The van der Waals surface area contributed by atoms with Crippen molar-refractivity contribution in [1.29, 1.82) is 0 Å². The molecule has 2 amide bonds. The van der Waals surface area contributed by atoms with Crippen molar-refractivity contribution in [2.75, 3.05) is 43.4 Å². The Hall–Kier alpha value is -3.84. The van der Waals surface area contributed by atoms with Gasteiger partial charge in [-0.1, -0.05) is 18.1 Å². The average molecular weight is 463 g/mol. The zero-order chi connectivity index (χ0) is 24.1. The summed E-state index contributed by atoms with van der Waals surface area (Å²) in [5, 5.41) is 8.83. The molecule has 1 unspecified atom stereocenters. The second-order valence-corrected chi connectivity index (χ2v) is 8.28. The van der Waals surface area contributed by atoms with Gasteiger partial charge in [-0.05, 0) is 31.9 Å². The van der Waals surface area contributed by atoms with Crippen molar-refractivity contribution in [2.24, 2.45) is 10.7 Å². The maximum atomic E-state index is 13.4. The lowest BCUT2D eigenvalue weighted by Crippen LogP contribution is -2.44. The molecule has 178 valence electrons. The lowest BCUT2D eigenvalue weighted by atomic mass is 10.1. The number of carbonyl (C=O) groups is 2. The first-order valence-corrected chi connectivity index (χ1v) is 11.4. The number of carbonyl (C=O) groups excluding carboxylic acids is 2. The quantitative estimate of drug-likeness (QED) is 0.476. The van der Waals surface area contributed by atoms with Crippen LogP contribution in [0.1, 0.15) is 40.6 Å². The van der Waals surface area contributed by atoms with Gasteiger partial charge in [0.15, 0.2) is 11.5 Å². The summed E-state index contributed by atoms with van der Waals surface area (Å²) in [4.78, 5) is 37.1. The second kappa shape index (κ2) is 10.4. The molecular formula is C24H30N8O2. The molecule has 1 aromatic carbocycles. The van der Waals surface area contributed by atoms with E-state index < -0.39 is 0 Å². The molecule has 1 fully saturated rings. The van der Waals surface area contributed by atoms with Crippen LogP contribution in [0.25, 0.3) is 0 Å². The third-order valence-electron chi connectivity index (χ3n) is 5.89. The SMILES string of the molecule is CC#CCn1c(N2CCCC(N)C2)nc(NC)c1C(=O)NCC1=Nc2ccccc2C(=O)NC1. The number of piperidine rings is 1. The summed E-state index contributed by atoms with van der Waals surface area (Å²) in [6.07, 6.45) is 1.94. The molecule has 1 atom stereocenters. The third kappa shape index (κ3) is 4.89. The molecule has 3 heterocycles. The fourth-order valence-corrected chi connectivity index (χ4v) is 4.21. The number of rotatable bonds is 6. The number of imidazole rings is 1. The number of fused-ring (bicyclic) bond motifs is 1. The van der Waals surface area contributed by atoms with Crippen molar-refractivity contribution >= 4 is 35.0 Å². The summed E-state index contributed by atoms with van der Waals surface area (Å²) < 4.78 is 1.84. The Morgan fingerprint density at radius 3 is 2.94 bits per heavy atom. The van der Waals surface area contributed by atoms with Crippen LogP contribution in [0, 0.1) is 11.8 Å². The fourth-order valence-electron chi connectivity index (χ4n) is 4.21. The van der Waals surface area contributed by atoms with Gasteiger partial charge in [0, 0.05) is 26.2 Å². The maximum absolute atomic E-state index is 13.4. The van der Waals surface area contributed by atoms with Crippen molar-refractivity contribution in [3.05, 3.63) is 35.5 Å². The predicted molar refractivity (Wildman–Crippen MR) is 133 cm³/mol. The van der Waals surface area contributed by atoms with Gasteiger partial charge in [-0.3, -0.25) is 19.1 Å². The first-order valence-electron chi connectivity index (χ1n) is 11.4. The summed E-state index contributed by atoms with van der Waals surface area (Å²) in [5.41, 5.74) is 8.35. The fraction of sp³-hybridized carbons (Fsp3) is 0.417. The van der Waals surface area contributed by atoms with Gasteiger partial charge >= 0.3 is 0 Å². The normalized spacial score (nSPS) is 17.5. The molecule has 5 N–H and O–H groups in total. The van der Waals surface area contributed by atoms with E-state index in [0.717, 1.165) is 19.4 Å². The Bertz CT molecular complexity index is 1170. The number of benzene rings is 1. The standard InChI is InChI=1S/C24H30N8O2/c1-3-4-12-32-20(21(26-2)30-24(32)31-11-7-8-16(25)15-31)23(34)28-14-17-13-27-22(33)18-9-5-6-10-19(18)29-17/h5-6,9-10,16,26H,7-8,11-15,25H2,1-2H3,(H,27,33)(H,28,34). The molecule has 0 radical (unpaired) electrons. The molecule has 2 aromatic rings. The largest absolute Gasteiger partial charge is 0.371 e. The number of hydrogen-bond acceptors (Lipinski definition) is 7. The van der Waals surface area contributed by atoms with Gasteiger partial charge in [0.2, 0.25) is 5.95 Å². The zero-order valence-corrected chi connectivity index (χ0v) is 19.5. The van der Waals surface area contributed by atoms with Gasteiger partial charge in [0.1, 0.15) is 0 Å². The van der Waals surface area contributed by atoms with Crippen LogP contribution in [0.15, 0.2) is 29.3 Å². The molecule has 10 heteroatoms. The zero-order valence-electron chi connectivity index (χ0n) is 19.5. The summed E-state index contributed by atoms with van der Waals surface area (Å²) in [7, 11) is 1.74. The molecule has 2 aliphatic rings. The van der Waals surface area contributed by atoms with Crippen LogP contribution in [-0.2, 0) is 6.54 Å². The van der Waals surface area contributed by atoms with E-state index in [1.807, 2.05) is 10.6 Å². The summed E-state index contributed by atoms with van der Waals surface area (Å²) in [6, 6.07) is 7.22. The average Bonchev–Trinajstić information content (AvgIpc) is 3.14. The highest BCUT2D eigenvalue weighted by atomic mass is 16.2. The van der Waals surface area contributed by atoms with Crippen LogP contribution in [-0.4, -0.2) is 66.3 Å². The summed E-state index contributed by atoms with van der Waals surface area (Å²) in [6.45, 7) is 4.04. The molecule has 0 bridgehead atoms. The van der Waals surface area contributed by atoms with E-state index in [0.29, 0.717) is 47.5 Å². The van der Waals surface area contributed by atoms with Gasteiger partial charge in [-0.25, -0.2) is 0 Å². The van der Waals surface area contributed by atoms with Gasteiger partial charge in [-0.2, -0.15) is 4.98 Å². The summed E-state index contributed by atoms with van der Waals surface area (Å²) >= 11 is 0. The molecule has 0 aliphatic carbocycles. The van der Waals surface area contributed by atoms with Crippen molar-refractivity contribution < 1.29 is 9.59 Å². The number of para-hydroxylation sites is 1. The van der Waals surface area contributed by atoms with Crippen LogP contribution in [0.4, 0.5) is 17.5 Å². The van der Waals surface area contributed by atoms with Crippen LogP contribution in [0.3, 0.4) is 0 Å². The minimum absolute atomic E-state index is 0.0674. The molecular weight excluding hydrogens is 432 g/mol. The number of nitrogens with zero attached hydrogens (tertiary/aromatic N) is 4. The van der Waals surface area contributed by atoms with E-state index in [-0.39, 0.29) is 30.9 Å². The first-order chi connectivity index (χ1) is 16.5. The number of nitrogens with one attached hydrogen (secondary N) is 3. The minimum atomic E-state index is -0.297. The van der Waals surface area contributed by atoms with Gasteiger partial charge in [-0.15, -0.1) is 5.92 Å². The van der Waals surface area contributed by atoms with Gasteiger partial charge in [0.25, 0.3) is 11.8 Å². The number of nitrogens with two attached hydrogens (primary N) is 1. The van der Waals surface area contributed by atoms with E-state index in [2.05, 4.69) is 37.7 Å². The van der Waals surface area contributed by atoms with Crippen LogP contribution >= 0.6 is 0 Å². The van der Waals surface area contributed by atoms with Crippen LogP contribution in [0.2, 0.25) is 0 Å². The molecule has 1 aromatic heterocycles. The van der Waals surface area contributed by atoms with Gasteiger partial charge < -0.3 is 26.6 Å². The predicted octanol–water partition coefficient (Wildman–Crippen LogP) is 1.12. The number of amides is 2. The Labute approximate surface area is 199 Å². The lowest BCUT2D eigenvalue weighted by molar-refractivity contribution is 0.0949. The molecule has 0 spiro atoms. The lowest BCUT2D eigenvalue weighted by Gasteiger charge is -2.31. The van der Waals surface area contributed by atoms with Crippen LogP contribution in [0.5, 0.6) is 0 Å². The smallest absolute Gasteiger partial charge is 0.272 e. The molecule has 4 rings (SSSR count). The van der Waals surface area contributed by atoms with E-state index in [4.69, 9.17) is 10.7 Å². The molecule has 1 saturated heterocycles. The monoisotopic (exact) mass is 462 g/mol. The second-order valence-electron chi connectivity index (χ2n) is 8.28. The molecule has 2 aliphatic heterocycles. The van der Waals surface area contributed by atoms with E-state index >= 15 is 0 Å². The highest BCUT2D eigenvalue weighted by Crippen LogP contribution is 2.26. The minimum Gasteiger partial charge on any atom is -0.371 e. The Balaban J connectivity index is 1.59. The molecule has 34 heavy (non-hydrogen) atoms. The van der Waals surface area contributed by atoms with Gasteiger partial charge in [0.05, 0.1) is 36.6 Å². The Morgan fingerprint density at radius 2 is 2.18 bits per heavy atom. The van der Waals surface area contributed by atoms with E-state index in [1.165, 1.54) is 0 Å². The molecule has 0 saturated carbocycles. The molecule has 10 nitrogen and oxygen atoms in total. The first kappa shape index (κ1) is 23.3. The Morgan fingerprint density at radius 1 is 1.35 bits per heavy atom. The van der Waals surface area contributed by atoms with Crippen molar-refractivity contribution in [3.63, 3.8) is 0 Å². The highest BCUT2D eigenvalue weighted by Gasteiger charge is 2.28. The number of aliphatic imine (C=N–C) groups is 1. The Kier molecular flexibility index (Phi) is 7.13. The number of hydrogen-bond donors (Lipinski definition) is 4. The number of anilines is 2. The maximum Gasteiger partial charge on any atom is 0.272 e. The van der Waals surface area contributed by atoms with E-state index in [1.54, 1.807) is 32.2 Å². The van der Waals surface area contributed by atoms with Crippen molar-refractivity contribution in [2.45, 2.75) is 32.4 Å². The summed E-state index contributed by atoms with van der Waals surface area (Å²) in [5.74, 6) is 6.63.